The van der Waals surface area contributed by atoms with Gasteiger partial charge in [0.25, 0.3) is 5.91 Å². The van der Waals surface area contributed by atoms with Crippen molar-refractivity contribution in [2.24, 2.45) is 0 Å². The van der Waals surface area contributed by atoms with Gasteiger partial charge in [-0.15, -0.1) is 10.2 Å². The Bertz CT molecular complexity index is 912. The molecule has 2 heterocycles. The number of nitrogens with one attached hydrogen (secondary N) is 1. The maximum Gasteiger partial charge on any atom is 0.293 e. The first-order valence-electron chi connectivity index (χ1n) is 8.90. The molecule has 1 N–H and O–H groups in total. The first-order valence-corrected chi connectivity index (χ1v) is 9.72. The van der Waals surface area contributed by atoms with E-state index in [4.69, 9.17) is 9.15 Å². The molecule has 0 saturated heterocycles. The number of methoxy groups -OCH3 is 1. The zero-order chi connectivity index (χ0) is 17.9. The number of para-hydroxylation sites is 1. The summed E-state index contributed by atoms with van der Waals surface area (Å²) in [7, 11) is 1.60. The van der Waals surface area contributed by atoms with Crippen molar-refractivity contribution in [1.29, 1.82) is 0 Å². The van der Waals surface area contributed by atoms with Gasteiger partial charge in [-0.2, -0.15) is 0 Å². The second kappa shape index (κ2) is 7.55. The van der Waals surface area contributed by atoms with E-state index >= 15 is 0 Å². The lowest BCUT2D eigenvalue weighted by molar-refractivity contribution is 0.0992. The van der Waals surface area contributed by atoms with E-state index in [1.165, 1.54) is 30.6 Å². The number of rotatable bonds is 5. The van der Waals surface area contributed by atoms with E-state index in [1.54, 1.807) is 7.11 Å². The molecule has 1 aliphatic carbocycles. The van der Waals surface area contributed by atoms with Crippen LogP contribution >= 0.6 is 11.3 Å². The van der Waals surface area contributed by atoms with Crippen LogP contribution in [0.5, 0.6) is 0 Å². The Hall–Kier alpha value is -2.25. The van der Waals surface area contributed by atoms with E-state index in [0.717, 1.165) is 28.8 Å². The smallest absolute Gasteiger partial charge is 0.293 e. The summed E-state index contributed by atoms with van der Waals surface area (Å²) in [5.41, 5.74) is 1.42. The summed E-state index contributed by atoms with van der Waals surface area (Å²) in [5.74, 6) is 0.421. The fourth-order valence-corrected chi connectivity index (χ4v) is 4.43. The number of furan rings is 1. The Morgan fingerprint density at radius 1 is 1.27 bits per heavy atom. The molecule has 6 nitrogen and oxygen atoms in total. The second-order valence-electron chi connectivity index (χ2n) is 6.57. The molecule has 3 aromatic rings. The van der Waals surface area contributed by atoms with Gasteiger partial charge >= 0.3 is 0 Å². The van der Waals surface area contributed by atoms with Gasteiger partial charge in [0.05, 0.1) is 6.61 Å². The highest BCUT2D eigenvalue weighted by Gasteiger charge is 2.23. The minimum atomic E-state index is -0.320. The van der Waals surface area contributed by atoms with Gasteiger partial charge in [-0.25, -0.2) is 0 Å². The molecule has 0 unspecified atom stereocenters. The summed E-state index contributed by atoms with van der Waals surface area (Å²) in [6, 6.07) is 7.57. The predicted octanol–water partition coefficient (Wildman–Crippen LogP) is 4.73. The van der Waals surface area contributed by atoms with Crippen LogP contribution in [-0.2, 0) is 11.3 Å². The van der Waals surface area contributed by atoms with Crippen molar-refractivity contribution in [2.45, 2.75) is 44.6 Å². The zero-order valence-electron chi connectivity index (χ0n) is 14.7. The molecule has 1 aromatic carbocycles. The normalized spacial score (nSPS) is 15.4. The van der Waals surface area contributed by atoms with Crippen LogP contribution in [0.15, 0.2) is 28.7 Å². The van der Waals surface area contributed by atoms with Crippen LogP contribution in [0.3, 0.4) is 0 Å². The van der Waals surface area contributed by atoms with E-state index in [9.17, 15) is 4.79 Å². The molecule has 1 saturated carbocycles. The lowest BCUT2D eigenvalue weighted by Crippen LogP contribution is -2.13. The molecule has 4 rings (SSSR count). The lowest BCUT2D eigenvalue weighted by Gasteiger charge is -2.18. The molecule has 0 atom stereocenters. The summed E-state index contributed by atoms with van der Waals surface area (Å²) in [4.78, 5) is 12.7. The number of benzene rings is 1. The molecule has 0 spiro atoms. The highest BCUT2D eigenvalue weighted by atomic mass is 32.1. The Morgan fingerprint density at radius 3 is 2.88 bits per heavy atom. The Balaban J connectivity index is 1.56. The molecule has 0 bridgehead atoms. The number of ether oxygens (including phenoxy) is 1. The molecule has 136 valence electrons. The number of carbonyl (C=O) groups excluding carboxylic acids is 1. The van der Waals surface area contributed by atoms with Gasteiger partial charge in [-0.3, -0.25) is 10.1 Å². The third-order valence-corrected chi connectivity index (χ3v) is 5.81. The molecule has 0 aliphatic heterocycles. The summed E-state index contributed by atoms with van der Waals surface area (Å²) >= 11 is 1.46. The number of nitrogens with zero attached hydrogens (tertiary/aromatic N) is 2. The van der Waals surface area contributed by atoms with E-state index in [2.05, 4.69) is 15.5 Å². The largest absolute Gasteiger partial charge is 0.451 e. The molecular weight excluding hydrogens is 350 g/mol. The number of aromatic nitrogens is 2. The molecule has 0 radical (unpaired) electrons. The van der Waals surface area contributed by atoms with Crippen LogP contribution in [-0.4, -0.2) is 23.2 Å². The molecule has 7 heteroatoms. The van der Waals surface area contributed by atoms with E-state index in [0.29, 0.717) is 23.2 Å². The maximum absolute atomic E-state index is 12.7. The maximum atomic E-state index is 12.7. The number of carbonyl (C=O) groups is 1. The Kier molecular flexibility index (Phi) is 4.99. The Morgan fingerprint density at radius 2 is 2.08 bits per heavy atom. The van der Waals surface area contributed by atoms with Crippen molar-refractivity contribution in [3.8, 4) is 0 Å². The van der Waals surface area contributed by atoms with Gasteiger partial charge in [0.1, 0.15) is 10.6 Å². The fraction of sp³-hybridized carbons (Fsp3) is 0.421. The van der Waals surface area contributed by atoms with Crippen molar-refractivity contribution in [1.82, 2.24) is 10.2 Å². The molecule has 1 amide bonds. The highest BCUT2D eigenvalue weighted by Crippen LogP contribution is 2.35. The van der Waals surface area contributed by atoms with Crippen LogP contribution in [0.1, 0.15) is 59.1 Å². The Labute approximate surface area is 155 Å². The third-order valence-electron chi connectivity index (χ3n) is 4.81. The third kappa shape index (κ3) is 3.37. The molecule has 1 fully saturated rings. The summed E-state index contributed by atoms with van der Waals surface area (Å²) in [6.45, 7) is 0.309. The van der Waals surface area contributed by atoms with Gasteiger partial charge in [-0.1, -0.05) is 48.8 Å². The van der Waals surface area contributed by atoms with Crippen molar-refractivity contribution < 1.29 is 13.9 Å². The predicted molar refractivity (Wildman–Crippen MR) is 101 cm³/mol. The number of hydrogen-bond acceptors (Lipinski definition) is 6. The van der Waals surface area contributed by atoms with Crippen LogP contribution in [0.2, 0.25) is 0 Å². The minimum absolute atomic E-state index is 0.266. The van der Waals surface area contributed by atoms with Gasteiger partial charge in [0.15, 0.2) is 5.76 Å². The SMILES string of the molecule is COCc1c(C(=O)Nc2nnc(C3CCCCC3)s2)oc2ccccc12. The second-order valence-corrected chi connectivity index (χ2v) is 7.58. The monoisotopic (exact) mass is 371 g/mol. The van der Waals surface area contributed by atoms with E-state index < -0.39 is 0 Å². The summed E-state index contributed by atoms with van der Waals surface area (Å²) in [5, 5.41) is 13.7. The van der Waals surface area contributed by atoms with Crippen LogP contribution in [0, 0.1) is 0 Å². The van der Waals surface area contributed by atoms with Gasteiger partial charge in [-0.05, 0) is 18.9 Å². The van der Waals surface area contributed by atoms with Crippen LogP contribution in [0.4, 0.5) is 5.13 Å². The van der Waals surface area contributed by atoms with Gasteiger partial charge in [0, 0.05) is 24.0 Å². The lowest BCUT2D eigenvalue weighted by atomic mass is 9.90. The molecule has 1 aliphatic rings. The quantitative estimate of drug-likeness (QED) is 0.701. The highest BCUT2D eigenvalue weighted by molar-refractivity contribution is 7.15. The van der Waals surface area contributed by atoms with Crippen molar-refractivity contribution in [3.63, 3.8) is 0 Å². The summed E-state index contributed by atoms with van der Waals surface area (Å²) in [6.07, 6.45) is 6.10. The standard InChI is InChI=1S/C19H21N3O3S/c1-24-11-14-13-9-5-6-10-15(13)25-16(14)17(23)20-19-22-21-18(26-19)12-7-3-2-4-8-12/h5-6,9-10,12H,2-4,7-8,11H2,1H3,(H,20,22,23). The number of anilines is 1. The average Bonchev–Trinajstić information content (AvgIpc) is 3.28. The minimum Gasteiger partial charge on any atom is -0.451 e. The van der Waals surface area contributed by atoms with E-state index in [1.807, 2.05) is 24.3 Å². The van der Waals surface area contributed by atoms with E-state index in [-0.39, 0.29) is 11.7 Å². The molecular formula is C19H21N3O3S. The summed E-state index contributed by atoms with van der Waals surface area (Å²) < 4.78 is 11.0. The van der Waals surface area contributed by atoms with Crippen LogP contribution < -0.4 is 5.32 Å². The topological polar surface area (TPSA) is 77.2 Å². The first kappa shape index (κ1) is 17.2. The number of fused-ring (bicyclic) bond motifs is 1. The van der Waals surface area contributed by atoms with Gasteiger partial charge in [0.2, 0.25) is 5.13 Å². The number of amides is 1. The van der Waals surface area contributed by atoms with Crippen molar-refractivity contribution >= 4 is 33.3 Å². The first-order chi connectivity index (χ1) is 12.8. The average molecular weight is 371 g/mol. The fourth-order valence-electron chi connectivity index (χ4n) is 3.52. The van der Waals surface area contributed by atoms with Crippen LogP contribution in [0.25, 0.3) is 11.0 Å². The number of hydrogen-bond donors (Lipinski definition) is 1. The molecule has 26 heavy (non-hydrogen) atoms. The van der Waals surface area contributed by atoms with Crippen molar-refractivity contribution in [2.75, 3.05) is 12.4 Å². The van der Waals surface area contributed by atoms with Crippen molar-refractivity contribution in [3.05, 3.63) is 40.6 Å². The van der Waals surface area contributed by atoms with Gasteiger partial charge < -0.3 is 9.15 Å². The molecule has 2 aromatic heterocycles. The zero-order valence-corrected chi connectivity index (χ0v) is 15.5.